The Balaban J connectivity index is 2.26. The van der Waals surface area contributed by atoms with Gasteiger partial charge in [0.25, 0.3) is 0 Å². The summed E-state index contributed by atoms with van der Waals surface area (Å²) in [5.41, 5.74) is 0.601. The van der Waals surface area contributed by atoms with Crippen molar-refractivity contribution >= 4 is 38.6 Å². The molecule has 7 heteroatoms. The van der Waals surface area contributed by atoms with E-state index in [4.69, 9.17) is 11.6 Å². The second-order valence-corrected chi connectivity index (χ2v) is 7.94. The van der Waals surface area contributed by atoms with Crippen LogP contribution in [0.25, 0.3) is 0 Å². The second-order valence-electron chi connectivity index (χ2n) is 4.51. The second kappa shape index (κ2) is 6.79. The average Bonchev–Trinajstić information content (AvgIpc) is 2.86. The van der Waals surface area contributed by atoms with E-state index >= 15 is 0 Å². The molecule has 114 valence electrons. The van der Waals surface area contributed by atoms with E-state index in [0.29, 0.717) is 16.6 Å². The molecule has 2 rings (SSSR count). The Bertz CT molecular complexity index is 713. The van der Waals surface area contributed by atoms with Gasteiger partial charge in [0.15, 0.2) is 0 Å². The number of thiophene rings is 1. The lowest BCUT2D eigenvalue weighted by Gasteiger charge is -2.15. The number of sulfonamides is 1. The fourth-order valence-electron chi connectivity index (χ4n) is 1.95. The van der Waals surface area contributed by atoms with E-state index in [1.807, 2.05) is 13.0 Å². The summed E-state index contributed by atoms with van der Waals surface area (Å²) in [5, 5.41) is 3.06. The van der Waals surface area contributed by atoms with E-state index in [0.717, 1.165) is 4.88 Å². The van der Waals surface area contributed by atoms with E-state index in [2.05, 4.69) is 10.0 Å². The van der Waals surface area contributed by atoms with Gasteiger partial charge in [-0.2, -0.15) is 0 Å². The number of halogens is 1. The molecule has 1 unspecified atom stereocenters. The van der Waals surface area contributed by atoms with Gasteiger partial charge in [0.1, 0.15) is 4.90 Å². The van der Waals surface area contributed by atoms with Crippen LogP contribution in [0.2, 0.25) is 4.34 Å². The van der Waals surface area contributed by atoms with Gasteiger partial charge in [-0.15, -0.1) is 11.3 Å². The van der Waals surface area contributed by atoms with Crippen LogP contribution in [-0.2, 0) is 10.0 Å². The van der Waals surface area contributed by atoms with Crippen molar-refractivity contribution in [3.63, 3.8) is 0 Å². The van der Waals surface area contributed by atoms with Crippen LogP contribution in [0.4, 0.5) is 5.69 Å². The number of hydrogen-bond donors (Lipinski definition) is 2. The van der Waals surface area contributed by atoms with Gasteiger partial charge in [0.05, 0.1) is 16.1 Å². The van der Waals surface area contributed by atoms with Crippen LogP contribution < -0.4 is 10.0 Å². The highest BCUT2D eigenvalue weighted by Crippen LogP contribution is 2.28. The van der Waals surface area contributed by atoms with Gasteiger partial charge in [0, 0.05) is 11.4 Å². The highest BCUT2D eigenvalue weighted by molar-refractivity contribution is 7.89. The first-order valence-corrected chi connectivity index (χ1v) is 9.22. The van der Waals surface area contributed by atoms with Crippen LogP contribution in [0.15, 0.2) is 41.3 Å². The Morgan fingerprint density at radius 2 is 1.95 bits per heavy atom. The van der Waals surface area contributed by atoms with Crippen LogP contribution in [0.5, 0.6) is 0 Å². The first-order valence-electron chi connectivity index (χ1n) is 6.54. The largest absolute Gasteiger partial charge is 0.384 e. The number of hydrogen-bond acceptors (Lipinski definition) is 4. The molecule has 0 radical (unpaired) electrons. The lowest BCUT2D eigenvalue weighted by molar-refractivity contribution is 0.569. The smallest absolute Gasteiger partial charge is 0.243 e. The molecule has 0 saturated heterocycles. The molecule has 0 amide bonds. The van der Waals surface area contributed by atoms with Gasteiger partial charge in [-0.1, -0.05) is 23.7 Å². The Morgan fingerprint density at radius 1 is 1.24 bits per heavy atom. The van der Waals surface area contributed by atoms with E-state index in [9.17, 15) is 8.42 Å². The minimum atomic E-state index is -3.60. The van der Waals surface area contributed by atoms with Crippen molar-refractivity contribution in [2.75, 3.05) is 11.9 Å². The van der Waals surface area contributed by atoms with Crippen molar-refractivity contribution < 1.29 is 8.42 Å². The van der Waals surface area contributed by atoms with E-state index in [-0.39, 0.29) is 10.9 Å². The molecule has 0 bridgehead atoms. The minimum Gasteiger partial charge on any atom is -0.384 e. The van der Waals surface area contributed by atoms with Crippen LogP contribution in [0.3, 0.4) is 0 Å². The number of rotatable bonds is 6. The van der Waals surface area contributed by atoms with E-state index in [1.54, 1.807) is 37.3 Å². The highest BCUT2D eigenvalue weighted by atomic mass is 35.5. The fraction of sp³-hybridized carbons (Fsp3) is 0.286. The molecule has 1 aromatic carbocycles. The zero-order chi connectivity index (χ0) is 15.5. The van der Waals surface area contributed by atoms with Gasteiger partial charge in [-0.25, -0.2) is 13.1 Å². The molecule has 1 heterocycles. The van der Waals surface area contributed by atoms with Gasteiger partial charge in [0.2, 0.25) is 10.0 Å². The number of nitrogens with one attached hydrogen (secondary N) is 2. The Hall–Kier alpha value is -1.08. The molecule has 0 aliphatic rings. The molecular weight excluding hydrogens is 328 g/mol. The summed E-state index contributed by atoms with van der Waals surface area (Å²) in [4.78, 5) is 1.13. The quantitative estimate of drug-likeness (QED) is 0.836. The van der Waals surface area contributed by atoms with Crippen molar-refractivity contribution in [2.24, 2.45) is 0 Å². The van der Waals surface area contributed by atoms with Crippen molar-refractivity contribution in [1.82, 2.24) is 4.72 Å². The summed E-state index contributed by atoms with van der Waals surface area (Å²) < 4.78 is 28.4. The summed E-state index contributed by atoms with van der Waals surface area (Å²) in [6.07, 6.45) is 0. The molecule has 2 aromatic rings. The topological polar surface area (TPSA) is 58.2 Å². The standard InChI is InChI=1S/C14H17ClN2O2S2/c1-3-16-11-6-4-5-7-13(11)21(18,19)17-10(2)12-8-9-14(15)20-12/h4-10,16-17H,3H2,1-2H3. The molecule has 4 nitrogen and oxygen atoms in total. The summed E-state index contributed by atoms with van der Waals surface area (Å²) >= 11 is 7.26. The van der Waals surface area contributed by atoms with E-state index in [1.165, 1.54) is 11.3 Å². The monoisotopic (exact) mass is 344 g/mol. The fourth-order valence-corrected chi connectivity index (χ4v) is 4.50. The molecular formula is C14H17ClN2O2S2. The molecule has 1 atom stereocenters. The summed E-state index contributed by atoms with van der Waals surface area (Å²) in [6, 6.07) is 10.1. The molecule has 0 fully saturated rings. The Morgan fingerprint density at radius 3 is 2.57 bits per heavy atom. The SMILES string of the molecule is CCNc1ccccc1S(=O)(=O)NC(C)c1ccc(Cl)s1. The predicted molar refractivity (Wildman–Crippen MR) is 88.7 cm³/mol. The normalized spacial score (nSPS) is 13.1. The van der Waals surface area contributed by atoms with Crippen molar-refractivity contribution in [3.05, 3.63) is 45.6 Å². The third-order valence-corrected chi connectivity index (χ3v) is 5.91. The maximum Gasteiger partial charge on any atom is 0.243 e. The molecule has 0 saturated carbocycles. The summed E-state index contributed by atoms with van der Waals surface area (Å²) in [7, 11) is -3.60. The molecule has 0 aliphatic carbocycles. The molecule has 2 N–H and O–H groups in total. The Kier molecular flexibility index (Phi) is 5.27. The first-order chi connectivity index (χ1) is 9.94. The summed E-state index contributed by atoms with van der Waals surface area (Å²) in [5.74, 6) is 0. The van der Waals surface area contributed by atoms with Crippen LogP contribution >= 0.6 is 22.9 Å². The maximum atomic E-state index is 12.5. The lowest BCUT2D eigenvalue weighted by Crippen LogP contribution is -2.27. The van der Waals surface area contributed by atoms with Gasteiger partial charge in [-0.05, 0) is 38.1 Å². The third kappa shape index (κ3) is 3.97. The number of benzene rings is 1. The number of para-hydroxylation sites is 1. The zero-order valence-electron chi connectivity index (χ0n) is 11.8. The molecule has 1 aromatic heterocycles. The lowest BCUT2D eigenvalue weighted by atomic mass is 10.3. The summed E-state index contributed by atoms with van der Waals surface area (Å²) in [6.45, 7) is 4.38. The first kappa shape index (κ1) is 16.3. The molecule has 21 heavy (non-hydrogen) atoms. The highest BCUT2D eigenvalue weighted by Gasteiger charge is 2.21. The van der Waals surface area contributed by atoms with Crippen LogP contribution in [0.1, 0.15) is 24.8 Å². The molecule has 0 spiro atoms. The minimum absolute atomic E-state index is 0.251. The van der Waals surface area contributed by atoms with Crippen LogP contribution in [0, 0.1) is 0 Å². The third-order valence-electron chi connectivity index (χ3n) is 2.90. The van der Waals surface area contributed by atoms with Crippen LogP contribution in [-0.4, -0.2) is 15.0 Å². The van der Waals surface area contributed by atoms with Gasteiger partial charge < -0.3 is 5.32 Å². The van der Waals surface area contributed by atoms with Gasteiger partial charge in [-0.3, -0.25) is 0 Å². The molecule has 0 aliphatic heterocycles. The number of anilines is 1. The predicted octanol–water partition coefficient (Wildman–Crippen LogP) is 3.87. The maximum absolute atomic E-state index is 12.5. The van der Waals surface area contributed by atoms with Crippen molar-refractivity contribution in [2.45, 2.75) is 24.8 Å². The average molecular weight is 345 g/mol. The van der Waals surface area contributed by atoms with Gasteiger partial charge >= 0.3 is 0 Å². The van der Waals surface area contributed by atoms with Crippen molar-refractivity contribution in [3.8, 4) is 0 Å². The zero-order valence-corrected chi connectivity index (χ0v) is 14.1. The van der Waals surface area contributed by atoms with E-state index < -0.39 is 10.0 Å². The van der Waals surface area contributed by atoms with Crippen molar-refractivity contribution in [1.29, 1.82) is 0 Å². The Labute approximate surface area is 134 Å².